The lowest BCUT2D eigenvalue weighted by atomic mass is 10.2. The average molecular weight is 395 g/mol. The molecule has 0 aliphatic rings. The first-order valence-electron chi connectivity index (χ1n) is 9.10. The molecule has 0 heterocycles. The van der Waals surface area contributed by atoms with Gasteiger partial charge in [0.05, 0.1) is 5.69 Å². The predicted octanol–water partition coefficient (Wildman–Crippen LogP) is 7.09. The first-order valence-corrected chi connectivity index (χ1v) is 10.3. The van der Waals surface area contributed by atoms with Crippen molar-refractivity contribution in [2.75, 3.05) is 18.0 Å². The van der Waals surface area contributed by atoms with Gasteiger partial charge in [0, 0.05) is 39.8 Å². The Kier molecular flexibility index (Phi) is 6.97. The van der Waals surface area contributed by atoms with E-state index < -0.39 is 0 Å². The third-order valence-corrected chi connectivity index (χ3v) is 5.54. The molecule has 0 aliphatic heterocycles. The van der Waals surface area contributed by atoms with Crippen LogP contribution in [0, 0.1) is 0 Å². The zero-order valence-electron chi connectivity index (χ0n) is 15.6. The van der Waals surface area contributed by atoms with Crippen LogP contribution in [0.3, 0.4) is 0 Å². The lowest BCUT2D eigenvalue weighted by molar-refractivity contribution is 0.866. The van der Waals surface area contributed by atoms with Crippen molar-refractivity contribution in [3.8, 4) is 0 Å². The summed E-state index contributed by atoms with van der Waals surface area (Å²) in [4.78, 5) is 9.28. The second kappa shape index (κ2) is 9.63. The maximum Gasteiger partial charge on any atom is 0.0631 e. The van der Waals surface area contributed by atoms with E-state index in [1.165, 1.54) is 15.5 Å². The molecule has 0 saturated carbocycles. The summed E-state index contributed by atoms with van der Waals surface area (Å²) >= 11 is 7.65. The number of hydrogen-bond donors (Lipinski definition) is 0. The molecule has 0 fully saturated rings. The fourth-order valence-corrected chi connectivity index (χ4v) is 3.69. The van der Waals surface area contributed by atoms with Crippen LogP contribution < -0.4 is 4.90 Å². The molecule has 0 bridgehead atoms. The average Bonchev–Trinajstić information content (AvgIpc) is 2.71. The Bertz CT molecular complexity index is 868. The third-order valence-electron chi connectivity index (χ3n) is 4.27. The first-order chi connectivity index (χ1) is 13.2. The van der Waals surface area contributed by atoms with Crippen LogP contribution in [0.25, 0.3) is 0 Å². The zero-order chi connectivity index (χ0) is 19.1. The maximum atomic E-state index is 5.93. The second-order valence-corrected chi connectivity index (χ2v) is 7.66. The summed E-state index contributed by atoms with van der Waals surface area (Å²) in [7, 11) is 0. The van der Waals surface area contributed by atoms with Gasteiger partial charge in [-0.15, -0.1) is 0 Å². The number of aliphatic imine (C=N–C) groups is 1. The minimum absolute atomic E-state index is 0.760. The van der Waals surface area contributed by atoms with Crippen molar-refractivity contribution < 1.29 is 0 Å². The highest BCUT2D eigenvalue weighted by atomic mass is 35.5. The van der Waals surface area contributed by atoms with E-state index >= 15 is 0 Å². The molecule has 0 aliphatic carbocycles. The van der Waals surface area contributed by atoms with Gasteiger partial charge in [-0.05, 0) is 80.1 Å². The van der Waals surface area contributed by atoms with Gasteiger partial charge in [-0.3, -0.25) is 4.99 Å². The van der Waals surface area contributed by atoms with Crippen molar-refractivity contribution >= 4 is 41.0 Å². The predicted molar refractivity (Wildman–Crippen MR) is 119 cm³/mol. The van der Waals surface area contributed by atoms with Crippen LogP contribution in [0.2, 0.25) is 5.02 Å². The van der Waals surface area contributed by atoms with Crippen LogP contribution >= 0.6 is 23.4 Å². The maximum absolute atomic E-state index is 5.93. The quantitative estimate of drug-likeness (QED) is 0.397. The summed E-state index contributed by atoms with van der Waals surface area (Å²) in [5, 5.41) is 0.760. The molecule has 0 saturated heterocycles. The first kappa shape index (κ1) is 19.5. The van der Waals surface area contributed by atoms with E-state index in [-0.39, 0.29) is 0 Å². The molecule has 0 spiro atoms. The van der Waals surface area contributed by atoms with E-state index in [1.807, 2.05) is 30.5 Å². The Balaban J connectivity index is 1.62. The fourth-order valence-electron chi connectivity index (χ4n) is 2.75. The van der Waals surface area contributed by atoms with E-state index in [2.05, 4.69) is 72.3 Å². The summed E-state index contributed by atoms with van der Waals surface area (Å²) in [5.41, 5.74) is 3.29. The van der Waals surface area contributed by atoms with Crippen LogP contribution in [0.15, 0.2) is 87.6 Å². The van der Waals surface area contributed by atoms with Crippen molar-refractivity contribution in [1.82, 2.24) is 0 Å². The fraction of sp³-hybridized carbons (Fsp3) is 0.174. The molecule has 3 rings (SSSR count). The number of halogens is 1. The van der Waals surface area contributed by atoms with E-state index in [4.69, 9.17) is 11.6 Å². The number of anilines is 1. The van der Waals surface area contributed by atoms with Gasteiger partial charge in [0.15, 0.2) is 0 Å². The lowest BCUT2D eigenvalue weighted by Gasteiger charge is -2.20. The third kappa shape index (κ3) is 5.62. The van der Waals surface area contributed by atoms with Crippen LogP contribution in [0.4, 0.5) is 11.4 Å². The standard InChI is InChI=1S/C23H23ClN2S/c1-3-26(4-2)21-11-9-20(10-12-21)25-17-18-5-13-22(14-6-18)27-23-15-7-19(24)8-16-23/h5-17H,3-4H2,1-2H3. The zero-order valence-corrected chi connectivity index (χ0v) is 17.2. The van der Waals surface area contributed by atoms with Gasteiger partial charge < -0.3 is 4.90 Å². The van der Waals surface area contributed by atoms with E-state index in [1.54, 1.807) is 11.8 Å². The molecule has 3 aromatic rings. The Morgan fingerprint density at radius 1 is 0.815 bits per heavy atom. The molecular weight excluding hydrogens is 372 g/mol. The topological polar surface area (TPSA) is 15.6 Å². The number of nitrogens with zero attached hydrogens (tertiary/aromatic N) is 2. The summed E-state index contributed by atoms with van der Waals surface area (Å²) in [6, 6.07) is 24.7. The van der Waals surface area contributed by atoms with Gasteiger partial charge in [-0.25, -0.2) is 0 Å². The molecular formula is C23H23ClN2S. The minimum atomic E-state index is 0.760. The molecule has 0 atom stereocenters. The van der Waals surface area contributed by atoms with Crippen molar-refractivity contribution in [3.63, 3.8) is 0 Å². The Morgan fingerprint density at radius 3 is 1.93 bits per heavy atom. The van der Waals surface area contributed by atoms with Crippen molar-refractivity contribution in [2.24, 2.45) is 4.99 Å². The summed E-state index contributed by atoms with van der Waals surface area (Å²) in [5.74, 6) is 0. The van der Waals surface area contributed by atoms with Crippen molar-refractivity contribution in [2.45, 2.75) is 23.6 Å². The van der Waals surface area contributed by atoms with Gasteiger partial charge in [0.2, 0.25) is 0 Å². The smallest absolute Gasteiger partial charge is 0.0631 e. The highest BCUT2D eigenvalue weighted by Gasteiger charge is 2.01. The molecule has 0 amide bonds. The molecule has 0 unspecified atom stereocenters. The Hall–Kier alpha value is -2.23. The number of benzene rings is 3. The van der Waals surface area contributed by atoms with Crippen LogP contribution in [-0.4, -0.2) is 19.3 Å². The Morgan fingerprint density at radius 2 is 1.37 bits per heavy atom. The summed E-state index contributed by atoms with van der Waals surface area (Å²) in [6.07, 6.45) is 1.91. The van der Waals surface area contributed by atoms with E-state index in [0.29, 0.717) is 0 Å². The van der Waals surface area contributed by atoms with Gasteiger partial charge in [-0.2, -0.15) is 0 Å². The highest BCUT2D eigenvalue weighted by molar-refractivity contribution is 7.99. The normalized spacial score (nSPS) is 11.1. The molecule has 3 aromatic carbocycles. The van der Waals surface area contributed by atoms with Crippen molar-refractivity contribution in [3.05, 3.63) is 83.4 Å². The van der Waals surface area contributed by atoms with Gasteiger partial charge in [0.25, 0.3) is 0 Å². The van der Waals surface area contributed by atoms with Gasteiger partial charge in [0.1, 0.15) is 0 Å². The van der Waals surface area contributed by atoms with Crippen LogP contribution in [0.5, 0.6) is 0 Å². The SMILES string of the molecule is CCN(CC)c1ccc(N=Cc2ccc(Sc3ccc(Cl)cc3)cc2)cc1. The molecule has 0 radical (unpaired) electrons. The lowest BCUT2D eigenvalue weighted by Crippen LogP contribution is -2.21. The monoisotopic (exact) mass is 394 g/mol. The summed E-state index contributed by atoms with van der Waals surface area (Å²) < 4.78 is 0. The second-order valence-electron chi connectivity index (χ2n) is 6.07. The highest BCUT2D eigenvalue weighted by Crippen LogP contribution is 2.28. The van der Waals surface area contributed by atoms with E-state index in [0.717, 1.165) is 29.4 Å². The van der Waals surface area contributed by atoms with Gasteiger partial charge >= 0.3 is 0 Å². The molecule has 138 valence electrons. The molecule has 27 heavy (non-hydrogen) atoms. The molecule has 2 nitrogen and oxygen atoms in total. The van der Waals surface area contributed by atoms with Gasteiger partial charge in [-0.1, -0.05) is 35.5 Å². The van der Waals surface area contributed by atoms with Crippen molar-refractivity contribution in [1.29, 1.82) is 0 Å². The summed E-state index contributed by atoms with van der Waals surface area (Å²) in [6.45, 7) is 6.37. The van der Waals surface area contributed by atoms with Crippen LogP contribution in [-0.2, 0) is 0 Å². The number of hydrogen-bond acceptors (Lipinski definition) is 3. The molecule has 4 heteroatoms. The Labute approximate surface area is 170 Å². The minimum Gasteiger partial charge on any atom is -0.372 e. The molecule has 0 N–H and O–H groups in total. The molecule has 0 aromatic heterocycles. The van der Waals surface area contributed by atoms with Crippen LogP contribution in [0.1, 0.15) is 19.4 Å². The number of rotatable bonds is 7. The van der Waals surface area contributed by atoms with E-state index in [9.17, 15) is 0 Å². The largest absolute Gasteiger partial charge is 0.372 e.